The number of aliphatic imine (C=N–C) groups is 1. The first-order valence-electron chi connectivity index (χ1n) is 8.36. The van der Waals surface area contributed by atoms with E-state index < -0.39 is 0 Å². The Balaban J connectivity index is 1.94. The van der Waals surface area contributed by atoms with Gasteiger partial charge in [0.25, 0.3) is 0 Å². The number of nitrogens with one attached hydrogen (secondary N) is 1. The molecule has 0 heterocycles. The van der Waals surface area contributed by atoms with Crippen LogP contribution in [0.15, 0.2) is 29.3 Å². The monoisotopic (exact) mass is 302 g/mol. The first-order valence-corrected chi connectivity index (χ1v) is 8.36. The predicted molar refractivity (Wildman–Crippen MR) is 95.3 cm³/mol. The number of rotatable bonds is 5. The van der Waals surface area contributed by atoms with Crippen LogP contribution < -0.4 is 11.1 Å². The SMILES string of the molecule is Cc1cccc(NC(N)=NCC(C2CCCCC2)N(C)C)c1. The van der Waals surface area contributed by atoms with Crippen LogP contribution in [-0.2, 0) is 0 Å². The Morgan fingerprint density at radius 2 is 2.05 bits per heavy atom. The molecule has 0 spiro atoms. The summed E-state index contributed by atoms with van der Waals surface area (Å²) in [6.07, 6.45) is 6.75. The summed E-state index contributed by atoms with van der Waals surface area (Å²) in [5.41, 5.74) is 8.27. The maximum atomic E-state index is 6.05. The Kier molecular flexibility index (Phi) is 6.25. The molecule has 1 aromatic carbocycles. The van der Waals surface area contributed by atoms with Crippen molar-refractivity contribution in [2.45, 2.75) is 45.1 Å². The lowest BCUT2D eigenvalue weighted by Crippen LogP contribution is -2.39. The number of benzene rings is 1. The summed E-state index contributed by atoms with van der Waals surface area (Å²) >= 11 is 0. The molecule has 0 bridgehead atoms. The molecule has 1 unspecified atom stereocenters. The molecule has 4 heteroatoms. The molecule has 3 N–H and O–H groups in total. The molecule has 1 aliphatic rings. The highest BCUT2D eigenvalue weighted by molar-refractivity contribution is 5.92. The second kappa shape index (κ2) is 8.18. The maximum absolute atomic E-state index is 6.05. The van der Waals surface area contributed by atoms with Gasteiger partial charge in [-0.1, -0.05) is 31.4 Å². The molecule has 22 heavy (non-hydrogen) atoms. The number of hydrogen-bond acceptors (Lipinski definition) is 2. The first-order chi connectivity index (χ1) is 10.6. The topological polar surface area (TPSA) is 53.6 Å². The van der Waals surface area contributed by atoms with Crippen LogP contribution in [0.1, 0.15) is 37.7 Å². The summed E-state index contributed by atoms with van der Waals surface area (Å²) < 4.78 is 0. The summed E-state index contributed by atoms with van der Waals surface area (Å²) in [5.74, 6) is 1.26. The van der Waals surface area contributed by atoms with Crippen molar-refractivity contribution < 1.29 is 0 Å². The molecule has 4 nitrogen and oxygen atoms in total. The van der Waals surface area contributed by atoms with Crippen molar-refractivity contribution >= 4 is 11.6 Å². The van der Waals surface area contributed by atoms with Gasteiger partial charge in [0.15, 0.2) is 5.96 Å². The molecule has 0 aliphatic heterocycles. The van der Waals surface area contributed by atoms with Crippen LogP contribution in [0, 0.1) is 12.8 Å². The Hall–Kier alpha value is -1.55. The number of guanidine groups is 1. The van der Waals surface area contributed by atoms with Gasteiger partial charge in [-0.05, 0) is 57.5 Å². The van der Waals surface area contributed by atoms with Crippen molar-refractivity contribution in [2.24, 2.45) is 16.6 Å². The van der Waals surface area contributed by atoms with Crippen LogP contribution in [0.4, 0.5) is 5.69 Å². The number of nitrogens with two attached hydrogens (primary N) is 1. The van der Waals surface area contributed by atoms with Gasteiger partial charge in [0, 0.05) is 11.7 Å². The zero-order valence-electron chi connectivity index (χ0n) is 14.2. The predicted octanol–water partition coefficient (Wildman–Crippen LogP) is 3.23. The molecular weight excluding hydrogens is 272 g/mol. The number of aryl methyl sites for hydroxylation is 1. The van der Waals surface area contributed by atoms with E-state index in [1.54, 1.807) is 0 Å². The third-order valence-corrected chi connectivity index (χ3v) is 4.60. The van der Waals surface area contributed by atoms with Gasteiger partial charge in [0.2, 0.25) is 0 Å². The molecule has 1 aromatic rings. The fraction of sp³-hybridized carbons (Fsp3) is 0.611. The quantitative estimate of drug-likeness (QED) is 0.648. The van der Waals surface area contributed by atoms with Crippen LogP contribution >= 0.6 is 0 Å². The second-order valence-corrected chi connectivity index (χ2v) is 6.65. The Morgan fingerprint density at radius 1 is 1.32 bits per heavy atom. The molecule has 1 aliphatic carbocycles. The molecule has 0 aromatic heterocycles. The minimum Gasteiger partial charge on any atom is -0.370 e. The largest absolute Gasteiger partial charge is 0.370 e. The van der Waals surface area contributed by atoms with E-state index in [1.807, 2.05) is 12.1 Å². The third-order valence-electron chi connectivity index (χ3n) is 4.60. The highest BCUT2D eigenvalue weighted by Gasteiger charge is 2.24. The second-order valence-electron chi connectivity index (χ2n) is 6.65. The van der Waals surface area contributed by atoms with E-state index >= 15 is 0 Å². The van der Waals surface area contributed by atoms with Crippen molar-refractivity contribution in [1.29, 1.82) is 0 Å². The molecule has 122 valence electrons. The van der Waals surface area contributed by atoms with Gasteiger partial charge in [-0.15, -0.1) is 0 Å². The lowest BCUT2D eigenvalue weighted by molar-refractivity contribution is 0.176. The molecule has 1 saturated carbocycles. The molecule has 2 rings (SSSR count). The van der Waals surface area contributed by atoms with Crippen LogP contribution in [-0.4, -0.2) is 37.5 Å². The standard InChI is InChI=1S/C18H30N4/c1-14-8-7-11-16(12-14)21-18(19)20-13-17(22(2)3)15-9-5-4-6-10-15/h7-8,11-12,15,17H,4-6,9-10,13H2,1-3H3,(H3,19,20,21). The molecule has 1 atom stereocenters. The van der Waals surface area contributed by atoms with Crippen molar-refractivity contribution in [3.63, 3.8) is 0 Å². The number of anilines is 1. The fourth-order valence-electron chi connectivity index (χ4n) is 3.36. The van der Waals surface area contributed by atoms with Gasteiger partial charge < -0.3 is 16.0 Å². The number of hydrogen-bond donors (Lipinski definition) is 2. The normalized spacial score (nSPS) is 18.5. The average Bonchev–Trinajstić information content (AvgIpc) is 2.48. The average molecular weight is 302 g/mol. The van der Waals surface area contributed by atoms with Gasteiger partial charge in [-0.25, -0.2) is 0 Å². The van der Waals surface area contributed by atoms with E-state index in [0.29, 0.717) is 12.0 Å². The third kappa shape index (κ3) is 5.02. The number of nitrogens with zero attached hydrogens (tertiary/aromatic N) is 2. The Labute approximate surface area is 134 Å². The van der Waals surface area contributed by atoms with Crippen LogP contribution in [0.2, 0.25) is 0 Å². The minimum atomic E-state index is 0.484. The molecular formula is C18H30N4. The Morgan fingerprint density at radius 3 is 2.68 bits per heavy atom. The summed E-state index contributed by atoms with van der Waals surface area (Å²) in [5, 5.41) is 3.19. The van der Waals surface area contributed by atoms with Crippen LogP contribution in [0.25, 0.3) is 0 Å². The van der Waals surface area contributed by atoms with Gasteiger partial charge in [0.1, 0.15) is 0 Å². The summed E-state index contributed by atoms with van der Waals surface area (Å²) in [7, 11) is 4.30. The lowest BCUT2D eigenvalue weighted by atomic mass is 9.83. The van der Waals surface area contributed by atoms with Crippen molar-refractivity contribution in [3.8, 4) is 0 Å². The van der Waals surface area contributed by atoms with Crippen molar-refractivity contribution in [1.82, 2.24) is 4.90 Å². The smallest absolute Gasteiger partial charge is 0.193 e. The fourth-order valence-corrected chi connectivity index (χ4v) is 3.36. The number of likely N-dealkylation sites (N-methyl/N-ethyl adjacent to an activating group) is 1. The van der Waals surface area contributed by atoms with E-state index in [-0.39, 0.29) is 0 Å². The molecule has 0 saturated heterocycles. The zero-order chi connectivity index (χ0) is 15.9. The van der Waals surface area contributed by atoms with Gasteiger partial charge >= 0.3 is 0 Å². The van der Waals surface area contributed by atoms with Crippen molar-refractivity contribution in [2.75, 3.05) is 26.0 Å². The molecule has 0 radical (unpaired) electrons. The van der Waals surface area contributed by atoms with E-state index in [0.717, 1.165) is 18.2 Å². The highest BCUT2D eigenvalue weighted by atomic mass is 15.1. The van der Waals surface area contributed by atoms with E-state index in [9.17, 15) is 0 Å². The van der Waals surface area contributed by atoms with Gasteiger partial charge in [-0.2, -0.15) is 0 Å². The van der Waals surface area contributed by atoms with E-state index in [1.165, 1.54) is 37.7 Å². The summed E-state index contributed by atoms with van der Waals surface area (Å²) in [6.45, 7) is 2.84. The molecule has 0 amide bonds. The minimum absolute atomic E-state index is 0.484. The van der Waals surface area contributed by atoms with Crippen LogP contribution in [0.3, 0.4) is 0 Å². The lowest BCUT2D eigenvalue weighted by Gasteiger charge is -2.33. The summed E-state index contributed by atoms with van der Waals surface area (Å²) in [6, 6.07) is 8.67. The van der Waals surface area contributed by atoms with Crippen LogP contribution in [0.5, 0.6) is 0 Å². The zero-order valence-corrected chi connectivity index (χ0v) is 14.2. The van der Waals surface area contributed by atoms with E-state index in [2.05, 4.69) is 48.4 Å². The molecule has 1 fully saturated rings. The maximum Gasteiger partial charge on any atom is 0.193 e. The van der Waals surface area contributed by atoms with Crippen molar-refractivity contribution in [3.05, 3.63) is 29.8 Å². The van der Waals surface area contributed by atoms with Gasteiger partial charge in [0.05, 0.1) is 6.54 Å². The first kappa shape index (κ1) is 16.8. The highest BCUT2D eigenvalue weighted by Crippen LogP contribution is 2.28. The Bertz CT molecular complexity index is 490. The summed E-state index contributed by atoms with van der Waals surface area (Å²) in [4.78, 5) is 6.89. The van der Waals surface area contributed by atoms with Gasteiger partial charge in [-0.3, -0.25) is 4.99 Å². The van der Waals surface area contributed by atoms with E-state index in [4.69, 9.17) is 5.73 Å².